The molecule has 70 valence electrons. The number of rotatable bonds is 2. The molecule has 0 radical (unpaired) electrons. The number of nitro groups is 1. The van der Waals surface area contributed by atoms with Crippen LogP contribution in [0.25, 0.3) is 0 Å². The molecule has 0 fully saturated rings. The molecule has 0 amide bonds. The van der Waals surface area contributed by atoms with Crippen LogP contribution in [0.5, 0.6) is 0 Å². The van der Waals surface area contributed by atoms with E-state index in [4.69, 9.17) is 16.7 Å². The van der Waals surface area contributed by atoms with Gasteiger partial charge in [0.1, 0.15) is 5.02 Å². The predicted molar refractivity (Wildman–Crippen MR) is 52.2 cm³/mol. The molecule has 7 heteroatoms. The van der Waals surface area contributed by atoms with Crippen molar-refractivity contribution >= 4 is 52.8 Å². The average Bonchev–Trinajstić information content (AvgIpc) is 2.03. The van der Waals surface area contributed by atoms with Crippen LogP contribution in [0.15, 0.2) is 18.2 Å². The number of aromatic carboxylic acids is 1. The summed E-state index contributed by atoms with van der Waals surface area (Å²) in [5, 5.41) is 18.5. The van der Waals surface area contributed by atoms with Crippen molar-refractivity contribution < 1.29 is 14.8 Å². The molecule has 0 aliphatic carbocycles. The maximum absolute atomic E-state index is 10.5. The summed E-state index contributed by atoms with van der Waals surface area (Å²) in [7, 11) is 0. The van der Waals surface area contributed by atoms with E-state index >= 15 is 0 Å². The van der Waals surface area contributed by atoms with Crippen LogP contribution in [0.4, 0.5) is 5.69 Å². The van der Waals surface area contributed by atoms with Crippen LogP contribution in [-0.2, 0) is 0 Å². The third-order valence-corrected chi connectivity index (χ3v) is 1.80. The molecule has 0 atom stereocenters. The number of hydrogen-bond acceptors (Lipinski definition) is 3. The first-order valence-corrected chi connectivity index (χ1v) is 3.58. The van der Waals surface area contributed by atoms with Gasteiger partial charge in [0, 0.05) is 6.07 Å². The second-order valence-corrected chi connectivity index (χ2v) is 2.58. The Morgan fingerprint density at radius 3 is 2.50 bits per heavy atom. The molecule has 0 saturated carbocycles. The van der Waals surface area contributed by atoms with E-state index in [1.54, 1.807) is 0 Å². The van der Waals surface area contributed by atoms with E-state index in [-0.39, 0.29) is 40.1 Å². The first kappa shape index (κ1) is 13.4. The van der Waals surface area contributed by atoms with Crippen LogP contribution >= 0.6 is 11.6 Å². The molecular weight excluding hydrogens is 221 g/mol. The molecule has 1 N–H and O–H groups in total. The van der Waals surface area contributed by atoms with E-state index in [2.05, 4.69) is 0 Å². The van der Waals surface area contributed by atoms with E-state index in [1.807, 2.05) is 0 Å². The van der Waals surface area contributed by atoms with E-state index in [0.717, 1.165) is 6.07 Å². The van der Waals surface area contributed by atoms with Gasteiger partial charge in [-0.1, -0.05) is 17.7 Å². The average molecular weight is 226 g/mol. The van der Waals surface area contributed by atoms with Crippen molar-refractivity contribution in [3.8, 4) is 0 Å². The monoisotopic (exact) mass is 225 g/mol. The Hall–Kier alpha value is -0.620. The fourth-order valence-electron chi connectivity index (χ4n) is 0.826. The van der Waals surface area contributed by atoms with Gasteiger partial charge in [0.05, 0.1) is 10.5 Å². The second kappa shape index (κ2) is 5.31. The van der Waals surface area contributed by atoms with Crippen LogP contribution in [0.3, 0.4) is 0 Å². The maximum atomic E-state index is 10.5. The summed E-state index contributed by atoms with van der Waals surface area (Å²) in [6.45, 7) is 0. The molecule has 0 spiro atoms. The van der Waals surface area contributed by atoms with Crippen molar-refractivity contribution in [2.45, 2.75) is 0 Å². The van der Waals surface area contributed by atoms with Crippen LogP contribution in [0.1, 0.15) is 10.4 Å². The number of benzene rings is 1. The Bertz CT molecular complexity index is 350. The minimum atomic E-state index is -1.28. The van der Waals surface area contributed by atoms with Gasteiger partial charge in [-0.15, -0.1) is 0 Å². The summed E-state index contributed by atoms with van der Waals surface area (Å²) < 4.78 is 0. The Labute approximate surface area is 106 Å². The molecule has 14 heavy (non-hydrogen) atoms. The molecule has 1 rings (SSSR count). The SMILES string of the molecule is O=C(O)c1cccc([N+](=O)[O-])c1Cl.[NaH]. The van der Waals surface area contributed by atoms with Crippen LogP contribution in [0.2, 0.25) is 5.02 Å². The molecule has 0 aromatic heterocycles. The number of carbonyl (C=O) groups is 1. The molecule has 1 aromatic carbocycles. The summed E-state index contributed by atoms with van der Waals surface area (Å²) in [5.41, 5.74) is -0.669. The standard InChI is InChI=1S/C7H4ClNO4.Na.H/c8-6-4(7(10)11)2-1-3-5(6)9(12)13;;/h1-3H,(H,10,11);;. The van der Waals surface area contributed by atoms with E-state index in [0.29, 0.717) is 0 Å². The number of hydrogen-bond donors (Lipinski definition) is 1. The Balaban J connectivity index is 0.00000169. The molecular formula is C7H5ClNNaO4. The fraction of sp³-hybridized carbons (Fsp3) is 0. The van der Waals surface area contributed by atoms with E-state index < -0.39 is 16.6 Å². The quantitative estimate of drug-likeness (QED) is 0.467. The summed E-state index contributed by atoms with van der Waals surface area (Å²) in [6.07, 6.45) is 0. The van der Waals surface area contributed by atoms with Crippen molar-refractivity contribution in [3.05, 3.63) is 38.9 Å². The molecule has 0 aliphatic heterocycles. The summed E-state index contributed by atoms with van der Waals surface area (Å²) in [6, 6.07) is 3.62. The molecule has 5 nitrogen and oxygen atoms in total. The Morgan fingerprint density at radius 1 is 1.50 bits per heavy atom. The molecule has 0 heterocycles. The number of nitrogens with zero attached hydrogens (tertiary/aromatic N) is 1. The van der Waals surface area contributed by atoms with Crippen molar-refractivity contribution in [2.75, 3.05) is 0 Å². The van der Waals surface area contributed by atoms with Gasteiger partial charge in [0.15, 0.2) is 0 Å². The van der Waals surface area contributed by atoms with Gasteiger partial charge in [0.2, 0.25) is 0 Å². The molecule has 1 aromatic rings. The van der Waals surface area contributed by atoms with Gasteiger partial charge < -0.3 is 5.11 Å². The summed E-state index contributed by atoms with van der Waals surface area (Å²) in [5.74, 6) is -1.28. The van der Waals surface area contributed by atoms with Gasteiger partial charge in [-0.05, 0) is 6.07 Å². The normalized spacial score (nSPS) is 8.93. The van der Waals surface area contributed by atoms with Gasteiger partial charge in [-0.25, -0.2) is 4.79 Å². The predicted octanol–water partition coefficient (Wildman–Crippen LogP) is 1.30. The molecule has 0 bridgehead atoms. The third kappa shape index (κ3) is 2.68. The number of nitro benzene ring substituents is 1. The van der Waals surface area contributed by atoms with Crippen LogP contribution in [-0.4, -0.2) is 45.6 Å². The van der Waals surface area contributed by atoms with Gasteiger partial charge in [0.25, 0.3) is 5.69 Å². The van der Waals surface area contributed by atoms with Gasteiger partial charge in [-0.2, -0.15) is 0 Å². The van der Waals surface area contributed by atoms with E-state index in [1.165, 1.54) is 12.1 Å². The summed E-state index contributed by atoms with van der Waals surface area (Å²) in [4.78, 5) is 20.1. The Kier molecular flexibility index (Phi) is 5.07. The van der Waals surface area contributed by atoms with Crippen molar-refractivity contribution in [1.29, 1.82) is 0 Å². The van der Waals surface area contributed by atoms with Gasteiger partial charge in [-0.3, -0.25) is 10.1 Å². The zero-order chi connectivity index (χ0) is 10.0. The summed E-state index contributed by atoms with van der Waals surface area (Å²) >= 11 is 5.48. The number of carboxylic acids is 1. The van der Waals surface area contributed by atoms with Crippen molar-refractivity contribution in [2.24, 2.45) is 0 Å². The second-order valence-electron chi connectivity index (χ2n) is 2.20. The van der Waals surface area contributed by atoms with Gasteiger partial charge >= 0.3 is 35.5 Å². The topological polar surface area (TPSA) is 80.4 Å². The zero-order valence-corrected chi connectivity index (χ0v) is 6.99. The fourth-order valence-corrected chi connectivity index (χ4v) is 1.10. The number of carboxylic acid groups (broad SMARTS) is 1. The van der Waals surface area contributed by atoms with Crippen molar-refractivity contribution in [3.63, 3.8) is 0 Å². The zero-order valence-electron chi connectivity index (χ0n) is 6.23. The molecule has 0 unspecified atom stereocenters. The van der Waals surface area contributed by atoms with Crippen molar-refractivity contribution in [1.82, 2.24) is 0 Å². The van der Waals surface area contributed by atoms with Crippen LogP contribution < -0.4 is 0 Å². The molecule has 0 aliphatic rings. The van der Waals surface area contributed by atoms with E-state index in [9.17, 15) is 14.9 Å². The molecule has 0 saturated heterocycles. The first-order valence-electron chi connectivity index (χ1n) is 3.20. The third-order valence-electron chi connectivity index (χ3n) is 1.41. The Morgan fingerprint density at radius 2 is 2.07 bits per heavy atom. The number of halogens is 1. The minimum absolute atomic E-state index is 0. The first-order chi connectivity index (χ1) is 6.04. The van der Waals surface area contributed by atoms with Crippen LogP contribution in [0, 0.1) is 10.1 Å².